The summed E-state index contributed by atoms with van der Waals surface area (Å²) in [6.07, 6.45) is 4.55. The highest BCUT2D eigenvalue weighted by Crippen LogP contribution is 2.30. The van der Waals surface area contributed by atoms with Gasteiger partial charge in [0.2, 0.25) is 0 Å². The number of rotatable bonds is 5. The van der Waals surface area contributed by atoms with Gasteiger partial charge in [0.15, 0.2) is 0 Å². The quantitative estimate of drug-likeness (QED) is 0.778. The fourth-order valence-electron chi connectivity index (χ4n) is 3.04. The van der Waals surface area contributed by atoms with E-state index in [1.54, 1.807) is 0 Å². The van der Waals surface area contributed by atoms with Crippen LogP contribution in [0.1, 0.15) is 31.7 Å². The SMILES string of the molecule is CCCOc1ccc(-c2ccc3c(c2)C=C(C(=O)OC)CCCN3)cc1. The van der Waals surface area contributed by atoms with Gasteiger partial charge in [0.1, 0.15) is 5.75 Å². The van der Waals surface area contributed by atoms with Crippen molar-refractivity contribution in [2.45, 2.75) is 26.2 Å². The van der Waals surface area contributed by atoms with Gasteiger partial charge in [0.05, 0.1) is 13.7 Å². The number of hydrogen-bond acceptors (Lipinski definition) is 4. The summed E-state index contributed by atoms with van der Waals surface area (Å²) in [5.41, 5.74) is 4.99. The van der Waals surface area contributed by atoms with Crippen LogP contribution < -0.4 is 10.1 Å². The molecule has 3 rings (SSSR count). The minimum atomic E-state index is -0.249. The van der Waals surface area contributed by atoms with Crippen LogP contribution in [0.3, 0.4) is 0 Å². The highest BCUT2D eigenvalue weighted by Gasteiger charge is 2.14. The minimum absolute atomic E-state index is 0.249. The summed E-state index contributed by atoms with van der Waals surface area (Å²) in [6, 6.07) is 14.4. The topological polar surface area (TPSA) is 47.6 Å². The highest BCUT2D eigenvalue weighted by molar-refractivity contribution is 5.95. The molecule has 1 aliphatic rings. The standard InChI is InChI=1S/C22H25NO3/c1-3-13-26-20-9-6-16(7-10-20)17-8-11-21-19(14-17)15-18(22(24)25-2)5-4-12-23-21/h6-11,14-15,23H,3-5,12-13H2,1-2H3. The number of ether oxygens (including phenoxy) is 2. The van der Waals surface area contributed by atoms with Crippen LogP contribution in [-0.4, -0.2) is 26.2 Å². The van der Waals surface area contributed by atoms with E-state index in [4.69, 9.17) is 9.47 Å². The van der Waals surface area contributed by atoms with Crippen molar-refractivity contribution in [3.63, 3.8) is 0 Å². The molecule has 0 bridgehead atoms. The van der Waals surface area contributed by atoms with Crippen LogP contribution in [0.4, 0.5) is 5.69 Å². The summed E-state index contributed by atoms with van der Waals surface area (Å²) in [6.45, 7) is 3.66. The van der Waals surface area contributed by atoms with Gasteiger partial charge in [-0.2, -0.15) is 0 Å². The van der Waals surface area contributed by atoms with Crippen LogP contribution in [0.2, 0.25) is 0 Å². The van der Waals surface area contributed by atoms with E-state index in [9.17, 15) is 4.79 Å². The van der Waals surface area contributed by atoms with Crippen LogP contribution >= 0.6 is 0 Å². The van der Waals surface area contributed by atoms with Crippen molar-refractivity contribution in [3.05, 3.63) is 53.6 Å². The number of carbonyl (C=O) groups is 1. The first kappa shape index (κ1) is 18.1. The van der Waals surface area contributed by atoms with E-state index in [-0.39, 0.29) is 5.97 Å². The van der Waals surface area contributed by atoms with E-state index in [1.807, 2.05) is 18.2 Å². The van der Waals surface area contributed by atoms with Crippen LogP contribution in [0.5, 0.6) is 5.75 Å². The predicted octanol–water partition coefficient (Wildman–Crippen LogP) is 4.90. The average molecular weight is 351 g/mol. The number of esters is 1. The fraction of sp³-hybridized carbons (Fsp3) is 0.318. The lowest BCUT2D eigenvalue weighted by atomic mass is 9.98. The van der Waals surface area contributed by atoms with E-state index in [0.717, 1.165) is 59.7 Å². The smallest absolute Gasteiger partial charge is 0.333 e. The van der Waals surface area contributed by atoms with Gasteiger partial charge in [-0.3, -0.25) is 0 Å². The predicted molar refractivity (Wildman–Crippen MR) is 105 cm³/mol. The van der Waals surface area contributed by atoms with Crippen molar-refractivity contribution in [3.8, 4) is 16.9 Å². The zero-order valence-electron chi connectivity index (χ0n) is 15.4. The van der Waals surface area contributed by atoms with E-state index < -0.39 is 0 Å². The molecule has 0 radical (unpaired) electrons. The zero-order valence-corrected chi connectivity index (χ0v) is 15.4. The van der Waals surface area contributed by atoms with Crippen molar-refractivity contribution in [2.24, 2.45) is 0 Å². The van der Waals surface area contributed by atoms with Gasteiger partial charge in [-0.1, -0.05) is 25.1 Å². The number of nitrogens with one attached hydrogen (secondary N) is 1. The van der Waals surface area contributed by atoms with Crippen LogP contribution in [0, 0.1) is 0 Å². The van der Waals surface area contributed by atoms with Crippen molar-refractivity contribution in [1.29, 1.82) is 0 Å². The Morgan fingerprint density at radius 3 is 2.62 bits per heavy atom. The third kappa shape index (κ3) is 4.26. The molecule has 0 saturated heterocycles. The Labute approximate surface area is 154 Å². The second-order valence-electron chi connectivity index (χ2n) is 6.37. The summed E-state index contributed by atoms with van der Waals surface area (Å²) in [7, 11) is 1.43. The lowest BCUT2D eigenvalue weighted by molar-refractivity contribution is -0.136. The Hall–Kier alpha value is -2.75. The molecule has 0 aromatic heterocycles. The van der Waals surface area contributed by atoms with Gasteiger partial charge in [-0.05, 0) is 66.3 Å². The van der Waals surface area contributed by atoms with E-state index in [2.05, 4.69) is 42.6 Å². The maximum atomic E-state index is 12.0. The molecule has 0 unspecified atom stereocenters. The van der Waals surface area contributed by atoms with E-state index in [0.29, 0.717) is 6.42 Å². The fourth-order valence-corrected chi connectivity index (χ4v) is 3.04. The van der Waals surface area contributed by atoms with Crippen molar-refractivity contribution in [1.82, 2.24) is 0 Å². The normalized spacial score (nSPS) is 13.5. The molecule has 0 saturated carbocycles. The number of hydrogen-bond donors (Lipinski definition) is 1. The molecule has 0 spiro atoms. The van der Waals surface area contributed by atoms with Gasteiger partial charge in [-0.15, -0.1) is 0 Å². The summed E-state index contributed by atoms with van der Waals surface area (Å²) >= 11 is 0. The van der Waals surface area contributed by atoms with E-state index in [1.165, 1.54) is 7.11 Å². The molecule has 2 aromatic rings. The number of fused-ring (bicyclic) bond motifs is 1. The Balaban J connectivity index is 1.91. The molecule has 4 heteroatoms. The molecule has 0 aliphatic carbocycles. The first-order chi connectivity index (χ1) is 12.7. The second-order valence-corrected chi connectivity index (χ2v) is 6.37. The van der Waals surface area contributed by atoms with Crippen LogP contribution in [0.25, 0.3) is 17.2 Å². The van der Waals surface area contributed by atoms with Crippen molar-refractivity contribution >= 4 is 17.7 Å². The zero-order chi connectivity index (χ0) is 18.4. The third-order valence-electron chi connectivity index (χ3n) is 4.43. The third-order valence-corrected chi connectivity index (χ3v) is 4.43. The van der Waals surface area contributed by atoms with Crippen LogP contribution in [0.15, 0.2) is 48.0 Å². The highest BCUT2D eigenvalue weighted by atomic mass is 16.5. The minimum Gasteiger partial charge on any atom is -0.494 e. The molecule has 1 aliphatic heterocycles. The molecule has 1 N–H and O–H groups in total. The Bertz CT molecular complexity index is 794. The first-order valence-corrected chi connectivity index (χ1v) is 9.11. The number of methoxy groups -OCH3 is 1. The molecule has 4 nitrogen and oxygen atoms in total. The largest absolute Gasteiger partial charge is 0.494 e. The van der Waals surface area contributed by atoms with Gasteiger partial charge in [0, 0.05) is 17.8 Å². The molecule has 0 amide bonds. The summed E-state index contributed by atoms with van der Waals surface area (Å²) in [5, 5.41) is 3.44. The van der Waals surface area contributed by atoms with Gasteiger partial charge < -0.3 is 14.8 Å². The van der Waals surface area contributed by atoms with Crippen LogP contribution in [-0.2, 0) is 9.53 Å². The molecular formula is C22H25NO3. The lowest BCUT2D eigenvalue weighted by Crippen LogP contribution is -2.11. The lowest BCUT2D eigenvalue weighted by Gasteiger charge is -2.16. The van der Waals surface area contributed by atoms with E-state index >= 15 is 0 Å². The molecule has 136 valence electrons. The Morgan fingerprint density at radius 1 is 1.12 bits per heavy atom. The molecular weight excluding hydrogens is 326 g/mol. The van der Waals surface area contributed by atoms with Crippen molar-refractivity contribution < 1.29 is 14.3 Å². The molecule has 0 atom stereocenters. The van der Waals surface area contributed by atoms with Gasteiger partial charge in [0.25, 0.3) is 0 Å². The maximum absolute atomic E-state index is 12.0. The number of anilines is 1. The molecule has 2 aromatic carbocycles. The Kier molecular flexibility index (Phi) is 5.95. The Morgan fingerprint density at radius 2 is 1.88 bits per heavy atom. The first-order valence-electron chi connectivity index (χ1n) is 9.11. The second kappa shape index (κ2) is 8.56. The molecule has 26 heavy (non-hydrogen) atoms. The summed E-state index contributed by atoms with van der Waals surface area (Å²) in [5.74, 6) is 0.636. The number of benzene rings is 2. The monoisotopic (exact) mass is 351 g/mol. The number of carbonyl (C=O) groups excluding carboxylic acids is 1. The molecule has 0 fully saturated rings. The van der Waals surface area contributed by atoms with Gasteiger partial charge in [-0.25, -0.2) is 4.79 Å². The average Bonchev–Trinajstić information content (AvgIpc) is 2.66. The maximum Gasteiger partial charge on any atom is 0.333 e. The summed E-state index contributed by atoms with van der Waals surface area (Å²) in [4.78, 5) is 12.0. The molecule has 1 heterocycles. The summed E-state index contributed by atoms with van der Waals surface area (Å²) < 4.78 is 10.6. The van der Waals surface area contributed by atoms with Crippen molar-refractivity contribution in [2.75, 3.05) is 25.6 Å². The van der Waals surface area contributed by atoms with Gasteiger partial charge >= 0.3 is 5.97 Å².